The SMILES string of the molecule is O=C(c1nn(-c2ccccc2)cc1O)N(CCO)C1CC1. The van der Waals surface area contributed by atoms with E-state index in [1.165, 1.54) is 10.9 Å². The van der Waals surface area contributed by atoms with Gasteiger partial charge in [0.05, 0.1) is 18.5 Å². The first-order chi connectivity index (χ1) is 10.2. The number of carbonyl (C=O) groups excluding carboxylic acids is 1. The Morgan fingerprint density at radius 2 is 2.05 bits per heavy atom. The van der Waals surface area contributed by atoms with E-state index >= 15 is 0 Å². The van der Waals surface area contributed by atoms with Gasteiger partial charge in [-0.3, -0.25) is 4.79 Å². The van der Waals surface area contributed by atoms with Crippen LogP contribution < -0.4 is 0 Å². The average molecular weight is 287 g/mol. The summed E-state index contributed by atoms with van der Waals surface area (Å²) in [7, 11) is 0. The van der Waals surface area contributed by atoms with E-state index in [2.05, 4.69) is 5.10 Å². The zero-order valence-electron chi connectivity index (χ0n) is 11.5. The first-order valence-electron chi connectivity index (χ1n) is 6.96. The molecule has 1 amide bonds. The second kappa shape index (κ2) is 5.57. The van der Waals surface area contributed by atoms with E-state index in [4.69, 9.17) is 5.11 Å². The van der Waals surface area contributed by atoms with Crippen molar-refractivity contribution in [3.63, 3.8) is 0 Å². The Balaban J connectivity index is 1.88. The number of hydrogen-bond acceptors (Lipinski definition) is 4. The van der Waals surface area contributed by atoms with Gasteiger partial charge in [-0.1, -0.05) is 18.2 Å². The maximum absolute atomic E-state index is 12.5. The van der Waals surface area contributed by atoms with E-state index in [0.29, 0.717) is 0 Å². The van der Waals surface area contributed by atoms with Crippen molar-refractivity contribution < 1.29 is 15.0 Å². The van der Waals surface area contributed by atoms with Crippen LogP contribution in [0.2, 0.25) is 0 Å². The Kier molecular flexibility index (Phi) is 3.62. The van der Waals surface area contributed by atoms with Crippen LogP contribution in [0.3, 0.4) is 0 Å². The third-order valence-corrected chi connectivity index (χ3v) is 3.51. The summed E-state index contributed by atoms with van der Waals surface area (Å²) < 4.78 is 1.48. The third-order valence-electron chi connectivity index (χ3n) is 3.51. The molecule has 1 aromatic heterocycles. The van der Waals surface area contributed by atoms with Gasteiger partial charge in [-0.2, -0.15) is 5.10 Å². The molecule has 0 bridgehead atoms. The Hall–Kier alpha value is -2.34. The fourth-order valence-electron chi connectivity index (χ4n) is 2.31. The lowest BCUT2D eigenvalue weighted by Gasteiger charge is -2.20. The Bertz CT molecular complexity index is 635. The van der Waals surface area contributed by atoms with Crippen LogP contribution in [0.5, 0.6) is 5.75 Å². The van der Waals surface area contributed by atoms with E-state index in [1.54, 1.807) is 4.90 Å². The molecule has 110 valence electrons. The molecule has 0 spiro atoms. The van der Waals surface area contributed by atoms with E-state index < -0.39 is 0 Å². The van der Waals surface area contributed by atoms with Gasteiger partial charge in [0.1, 0.15) is 0 Å². The number of amides is 1. The van der Waals surface area contributed by atoms with Crippen molar-refractivity contribution in [2.75, 3.05) is 13.2 Å². The Morgan fingerprint density at radius 3 is 2.67 bits per heavy atom. The summed E-state index contributed by atoms with van der Waals surface area (Å²) in [5.41, 5.74) is 0.797. The number of aliphatic hydroxyl groups is 1. The normalized spacial score (nSPS) is 14.1. The van der Waals surface area contributed by atoms with E-state index in [0.717, 1.165) is 18.5 Å². The number of hydrogen-bond donors (Lipinski definition) is 2. The third kappa shape index (κ3) is 2.75. The highest BCUT2D eigenvalue weighted by Gasteiger charge is 2.34. The van der Waals surface area contributed by atoms with Gasteiger partial charge in [-0.25, -0.2) is 4.68 Å². The highest BCUT2D eigenvalue weighted by molar-refractivity contribution is 5.95. The molecule has 1 saturated carbocycles. The van der Waals surface area contributed by atoms with Gasteiger partial charge in [0.15, 0.2) is 11.4 Å². The molecule has 0 radical (unpaired) electrons. The molecule has 2 N–H and O–H groups in total. The molecule has 3 rings (SSSR count). The quantitative estimate of drug-likeness (QED) is 0.865. The zero-order chi connectivity index (χ0) is 14.8. The number of aromatic nitrogens is 2. The van der Waals surface area contributed by atoms with Crippen LogP contribution in [-0.2, 0) is 0 Å². The smallest absolute Gasteiger partial charge is 0.278 e. The summed E-state index contributed by atoms with van der Waals surface area (Å²) in [5.74, 6) is -0.480. The van der Waals surface area contributed by atoms with Gasteiger partial charge in [0, 0.05) is 12.6 Å². The molecule has 1 fully saturated rings. The molecule has 1 aromatic carbocycles. The summed E-state index contributed by atoms with van der Waals surface area (Å²) in [6.07, 6.45) is 3.30. The highest BCUT2D eigenvalue weighted by Crippen LogP contribution is 2.29. The van der Waals surface area contributed by atoms with Gasteiger partial charge in [-0.05, 0) is 25.0 Å². The number of benzene rings is 1. The zero-order valence-corrected chi connectivity index (χ0v) is 11.5. The minimum Gasteiger partial charge on any atom is -0.504 e. The molecular formula is C15H17N3O3. The second-order valence-electron chi connectivity index (χ2n) is 5.10. The molecule has 6 heteroatoms. The first-order valence-corrected chi connectivity index (χ1v) is 6.96. The van der Waals surface area contributed by atoms with Crippen LogP contribution in [0, 0.1) is 0 Å². The molecule has 6 nitrogen and oxygen atoms in total. The van der Waals surface area contributed by atoms with Crippen molar-refractivity contribution in [2.24, 2.45) is 0 Å². The first kappa shape index (κ1) is 13.6. The number of aliphatic hydroxyl groups excluding tert-OH is 1. The largest absolute Gasteiger partial charge is 0.504 e. The lowest BCUT2D eigenvalue weighted by molar-refractivity contribution is 0.0698. The minimum atomic E-state index is -0.335. The lowest BCUT2D eigenvalue weighted by Crippen LogP contribution is -2.35. The molecule has 0 atom stereocenters. The Morgan fingerprint density at radius 1 is 1.33 bits per heavy atom. The molecule has 0 saturated heterocycles. The van der Waals surface area contributed by atoms with Crippen LogP contribution in [0.15, 0.2) is 36.5 Å². The standard InChI is InChI=1S/C15H17N3O3/c19-9-8-17(11-6-7-11)15(21)14-13(20)10-18(16-14)12-4-2-1-3-5-12/h1-5,10-11,19-20H,6-9H2. The number of para-hydroxylation sites is 1. The van der Waals surface area contributed by atoms with Crippen molar-refractivity contribution in [2.45, 2.75) is 18.9 Å². The second-order valence-corrected chi connectivity index (χ2v) is 5.10. The number of aromatic hydroxyl groups is 1. The molecule has 0 unspecified atom stereocenters. The van der Waals surface area contributed by atoms with Gasteiger partial charge in [-0.15, -0.1) is 0 Å². The molecule has 1 aliphatic carbocycles. The summed E-state index contributed by atoms with van der Waals surface area (Å²) in [6, 6.07) is 9.44. The van der Waals surface area contributed by atoms with Gasteiger partial charge >= 0.3 is 0 Å². The molecule has 0 aliphatic heterocycles. The molecule has 21 heavy (non-hydrogen) atoms. The Labute approximate surface area is 122 Å². The number of rotatable bonds is 5. The summed E-state index contributed by atoms with van der Waals surface area (Å²) in [5, 5.41) is 23.3. The van der Waals surface area contributed by atoms with E-state index in [9.17, 15) is 9.90 Å². The van der Waals surface area contributed by atoms with Gasteiger partial charge < -0.3 is 15.1 Å². The van der Waals surface area contributed by atoms with Crippen molar-refractivity contribution in [3.05, 3.63) is 42.2 Å². The number of nitrogens with zero attached hydrogens (tertiary/aromatic N) is 3. The molecule has 1 heterocycles. The fourth-order valence-corrected chi connectivity index (χ4v) is 2.31. The molecular weight excluding hydrogens is 270 g/mol. The predicted molar refractivity (Wildman–Crippen MR) is 76.4 cm³/mol. The average Bonchev–Trinajstić information content (AvgIpc) is 3.27. The van der Waals surface area contributed by atoms with Crippen molar-refractivity contribution in [1.82, 2.24) is 14.7 Å². The van der Waals surface area contributed by atoms with Crippen LogP contribution in [0.1, 0.15) is 23.3 Å². The van der Waals surface area contributed by atoms with E-state index in [-0.39, 0.29) is 36.5 Å². The molecule has 2 aromatic rings. The highest BCUT2D eigenvalue weighted by atomic mass is 16.3. The van der Waals surface area contributed by atoms with Crippen LogP contribution in [0.4, 0.5) is 0 Å². The van der Waals surface area contributed by atoms with Crippen molar-refractivity contribution in [1.29, 1.82) is 0 Å². The predicted octanol–water partition coefficient (Wildman–Crippen LogP) is 1.17. The maximum atomic E-state index is 12.5. The summed E-state index contributed by atoms with van der Waals surface area (Å²) in [4.78, 5) is 14.0. The van der Waals surface area contributed by atoms with Crippen LogP contribution in [-0.4, -0.2) is 50.0 Å². The van der Waals surface area contributed by atoms with Crippen LogP contribution in [0.25, 0.3) is 5.69 Å². The van der Waals surface area contributed by atoms with Crippen molar-refractivity contribution >= 4 is 5.91 Å². The van der Waals surface area contributed by atoms with Crippen LogP contribution >= 0.6 is 0 Å². The minimum absolute atomic E-state index is 0.0270. The van der Waals surface area contributed by atoms with Gasteiger partial charge in [0.25, 0.3) is 5.91 Å². The number of carbonyl (C=O) groups is 1. The van der Waals surface area contributed by atoms with E-state index in [1.807, 2.05) is 30.3 Å². The topological polar surface area (TPSA) is 78.6 Å². The summed E-state index contributed by atoms with van der Waals surface area (Å²) >= 11 is 0. The summed E-state index contributed by atoms with van der Waals surface area (Å²) in [6.45, 7) is 0.170. The fraction of sp³-hybridized carbons (Fsp3) is 0.333. The van der Waals surface area contributed by atoms with Gasteiger partial charge in [0.2, 0.25) is 0 Å². The molecule has 1 aliphatic rings. The monoisotopic (exact) mass is 287 g/mol. The lowest BCUT2D eigenvalue weighted by atomic mass is 10.3. The maximum Gasteiger partial charge on any atom is 0.278 e. The van der Waals surface area contributed by atoms with Crippen molar-refractivity contribution in [3.8, 4) is 11.4 Å².